The Balaban J connectivity index is 2.14. The van der Waals surface area contributed by atoms with Gasteiger partial charge in [0.15, 0.2) is 11.2 Å². The first kappa shape index (κ1) is 20.2. The van der Waals surface area contributed by atoms with E-state index in [-0.39, 0.29) is 34.9 Å². The van der Waals surface area contributed by atoms with Crippen LogP contribution in [0.2, 0.25) is 0 Å². The van der Waals surface area contributed by atoms with Crippen LogP contribution in [0.25, 0.3) is 16.9 Å². The van der Waals surface area contributed by atoms with Gasteiger partial charge in [-0.2, -0.15) is 10.2 Å². The molecule has 0 unspecified atom stereocenters. The molecule has 0 fully saturated rings. The molecule has 0 aliphatic heterocycles. The summed E-state index contributed by atoms with van der Waals surface area (Å²) in [4.78, 5) is 42.9. The second-order valence-corrected chi connectivity index (χ2v) is 7.38. The van der Waals surface area contributed by atoms with Crippen molar-refractivity contribution in [2.75, 3.05) is 0 Å². The molecule has 0 aliphatic carbocycles. The van der Waals surface area contributed by atoms with Crippen molar-refractivity contribution in [3.05, 3.63) is 72.1 Å². The molecule has 0 saturated carbocycles. The number of hydrogen-bond acceptors (Lipinski definition) is 6. The molecule has 1 N–H and O–H groups in total. The molecular formula is C21H20N6O4. The first-order valence-electron chi connectivity index (χ1n) is 9.72. The van der Waals surface area contributed by atoms with E-state index in [0.29, 0.717) is 18.4 Å². The van der Waals surface area contributed by atoms with Gasteiger partial charge in [-0.15, -0.1) is 0 Å². The third-order valence-electron chi connectivity index (χ3n) is 5.39. The van der Waals surface area contributed by atoms with Crippen LogP contribution in [0, 0.1) is 11.3 Å². The van der Waals surface area contributed by atoms with Gasteiger partial charge in [0.1, 0.15) is 0 Å². The van der Waals surface area contributed by atoms with Crippen LogP contribution in [-0.2, 0) is 27.1 Å². The van der Waals surface area contributed by atoms with E-state index < -0.39 is 16.8 Å². The van der Waals surface area contributed by atoms with Gasteiger partial charge in [0.25, 0.3) is 11.1 Å². The summed E-state index contributed by atoms with van der Waals surface area (Å²) in [6.45, 7) is 2.03. The summed E-state index contributed by atoms with van der Waals surface area (Å²) in [6, 6.07) is 8.84. The third kappa shape index (κ3) is 2.93. The predicted octanol–water partition coefficient (Wildman–Crippen LogP) is 0.625. The Morgan fingerprint density at radius 2 is 1.74 bits per heavy atom. The molecule has 3 aromatic heterocycles. The Hall–Kier alpha value is -4.13. The smallest absolute Gasteiger partial charge is 0.332 e. The second kappa shape index (κ2) is 7.28. The Kier molecular flexibility index (Phi) is 4.74. The normalized spacial score (nSPS) is 11.3. The van der Waals surface area contributed by atoms with Crippen LogP contribution < -0.4 is 16.8 Å². The summed E-state index contributed by atoms with van der Waals surface area (Å²) in [6.07, 6.45) is 0.911. The summed E-state index contributed by atoms with van der Waals surface area (Å²) in [5.41, 5.74) is -0.276. The average Bonchev–Trinajstić information content (AvgIpc) is 3.18. The summed E-state index contributed by atoms with van der Waals surface area (Å²) >= 11 is 0. The number of rotatable bonds is 4. The molecule has 10 nitrogen and oxygen atoms in total. The Morgan fingerprint density at radius 1 is 1.06 bits per heavy atom. The fraction of sp³-hybridized carbons (Fsp3) is 0.286. The maximum Gasteiger partial charge on any atom is 0.332 e. The zero-order valence-electron chi connectivity index (χ0n) is 17.3. The van der Waals surface area contributed by atoms with Crippen molar-refractivity contribution in [2.24, 2.45) is 14.1 Å². The first-order chi connectivity index (χ1) is 14.8. The highest BCUT2D eigenvalue weighted by molar-refractivity contribution is 5.75. The van der Waals surface area contributed by atoms with Crippen molar-refractivity contribution in [3.63, 3.8) is 0 Å². The molecule has 3 heterocycles. The third-order valence-corrected chi connectivity index (χ3v) is 5.39. The molecule has 0 atom stereocenters. The fourth-order valence-electron chi connectivity index (χ4n) is 3.73. The minimum absolute atomic E-state index is 0.0180. The number of benzene rings is 1. The zero-order valence-corrected chi connectivity index (χ0v) is 17.3. The summed E-state index contributed by atoms with van der Waals surface area (Å²) in [7, 11) is 2.81. The number of nitrogens with zero attached hydrogens (tertiary/aromatic N) is 6. The molecule has 10 heteroatoms. The van der Waals surface area contributed by atoms with Crippen LogP contribution in [0.15, 0.2) is 38.6 Å². The molecule has 4 rings (SSSR count). The van der Waals surface area contributed by atoms with Crippen LogP contribution in [0.3, 0.4) is 0 Å². The Morgan fingerprint density at radius 3 is 2.35 bits per heavy atom. The number of aromatic hydroxyl groups is 1. The molecular weight excluding hydrogens is 400 g/mol. The van der Waals surface area contributed by atoms with Crippen LogP contribution in [0.1, 0.15) is 30.0 Å². The lowest BCUT2D eigenvalue weighted by molar-refractivity contribution is 0.411. The molecule has 4 aromatic rings. The van der Waals surface area contributed by atoms with E-state index in [1.165, 1.54) is 27.6 Å². The first-order valence-corrected chi connectivity index (χ1v) is 9.72. The Bertz CT molecular complexity index is 1560. The molecule has 1 aromatic carbocycles. The monoisotopic (exact) mass is 420 g/mol. The molecule has 0 aliphatic rings. The molecule has 0 spiro atoms. The maximum atomic E-state index is 13.2. The lowest BCUT2D eigenvalue weighted by Gasteiger charge is -2.14. The van der Waals surface area contributed by atoms with Gasteiger partial charge in [-0.1, -0.05) is 25.5 Å². The number of aryl methyl sites for hydroxylation is 1. The Labute approximate surface area is 175 Å². The van der Waals surface area contributed by atoms with Crippen molar-refractivity contribution in [1.29, 1.82) is 5.26 Å². The van der Waals surface area contributed by atoms with Gasteiger partial charge in [0.2, 0.25) is 11.7 Å². The average molecular weight is 420 g/mol. The molecule has 0 amide bonds. The van der Waals surface area contributed by atoms with Gasteiger partial charge < -0.3 is 5.11 Å². The van der Waals surface area contributed by atoms with Gasteiger partial charge in [-0.25, -0.2) is 9.20 Å². The topological polar surface area (TPSA) is 127 Å². The SMILES string of the molecule is CCCc1c(O)n(Cc2ccc(C#N)cc2)c2nc3c(c(=O)n(C)c(=O)n3C)n2c1=O. The largest absolute Gasteiger partial charge is 0.494 e. The highest BCUT2D eigenvalue weighted by Crippen LogP contribution is 2.22. The molecule has 31 heavy (non-hydrogen) atoms. The van der Waals surface area contributed by atoms with Crippen molar-refractivity contribution in [3.8, 4) is 11.9 Å². The van der Waals surface area contributed by atoms with E-state index in [1.807, 2.05) is 13.0 Å². The van der Waals surface area contributed by atoms with Gasteiger partial charge >= 0.3 is 5.69 Å². The number of fused-ring (bicyclic) bond motifs is 3. The number of nitriles is 1. The lowest BCUT2D eigenvalue weighted by Crippen LogP contribution is -2.38. The molecule has 158 valence electrons. The van der Waals surface area contributed by atoms with Crippen molar-refractivity contribution < 1.29 is 5.11 Å². The maximum absolute atomic E-state index is 13.2. The number of hydrogen-bond donors (Lipinski definition) is 1. The minimum atomic E-state index is -0.638. The van der Waals surface area contributed by atoms with E-state index in [9.17, 15) is 19.5 Å². The quantitative estimate of drug-likeness (QED) is 0.516. The highest BCUT2D eigenvalue weighted by atomic mass is 16.3. The van der Waals surface area contributed by atoms with Gasteiger partial charge in [0, 0.05) is 14.1 Å². The summed E-state index contributed by atoms with van der Waals surface area (Å²) < 4.78 is 4.74. The van der Waals surface area contributed by atoms with E-state index in [0.717, 1.165) is 10.1 Å². The van der Waals surface area contributed by atoms with Crippen LogP contribution in [0.4, 0.5) is 0 Å². The van der Waals surface area contributed by atoms with E-state index in [4.69, 9.17) is 5.26 Å². The molecule has 0 saturated heterocycles. The lowest BCUT2D eigenvalue weighted by atomic mass is 10.1. The van der Waals surface area contributed by atoms with Crippen LogP contribution >= 0.6 is 0 Å². The van der Waals surface area contributed by atoms with Gasteiger partial charge in [0.05, 0.1) is 23.7 Å². The van der Waals surface area contributed by atoms with Gasteiger partial charge in [-0.3, -0.25) is 23.3 Å². The van der Waals surface area contributed by atoms with Crippen molar-refractivity contribution in [1.82, 2.24) is 23.1 Å². The standard InChI is InChI=1S/C21H20N6O4/c1-4-5-14-17(28)26(11-13-8-6-12(10-22)7-9-13)20-23-16-15(27(20)18(14)29)19(30)25(3)21(31)24(16)2/h6-9,28H,4-5,11H2,1-3H3. The van der Waals surface area contributed by atoms with Crippen molar-refractivity contribution in [2.45, 2.75) is 26.3 Å². The molecule has 0 radical (unpaired) electrons. The van der Waals surface area contributed by atoms with Crippen molar-refractivity contribution >= 4 is 16.9 Å². The second-order valence-electron chi connectivity index (χ2n) is 7.38. The summed E-state index contributed by atoms with van der Waals surface area (Å²) in [5.74, 6) is -0.180. The minimum Gasteiger partial charge on any atom is -0.494 e. The number of aromatic nitrogens is 5. The summed E-state index contributed by atoms with van der Waals surface area (Å²) in [5, 5.41) is 19.9. The highest BCUT2D eigenvalue weighted by Gasteiger charge is 2.23. The zero-order chi connectivity index (χ0) is 22.4. The number of imidazole rings is 1. The van der Waals surface area contributed by atoms with Gasteiger partial charge in [-0.05, 0) is 24.1 Å². The van der Waals surface area contributed by atoms with E-state index in [2.05, 4.69) is 4.98 Å². The predicted molar refractivity (Wildman–Crippen MR) is 113 cm³/mol. The van der Waals surface area contributed by atoms with E-state index in [1.54, 1.807) is 24.3 Å². The van der Waals surface area contributed by atoms with Crippen LogP contribution in [-0.4, -0.2) is 28.2 Å². The van der Waals surface area contributed by atoms with E-state index >= 15 is 0 Å². The fourth-order valence-corrected chi connectivity index (χ4v) is 3.73. The van der Waals surface area contributed by atoms with Crippen LogP contribution in [0.5, 0.6) is 5.88 Å². The molecule has 0 bridgehead atoms.